The molecule has 0 fully saturated rings. The first-order valence-electron chi connectivity index (χ1n) is 4.42. The first-order chi connectivity index (χ1) is 5.46. The molecule has 1 heterocycles. The lowest BCUT2D eigenvalue weighted by atomic mass is 9.85. The Morgan fingerprint density at radius 3 is 2.25 bits per heavy atom. The molecule has 0 unspecified atom stereocenters. The van der Waals surface area contributed by atoms with Crippen molar-refractivity contribution in [1.82, 2.24) is 5.16 Å². The van der Waals surface area contributed by atoms with Gasteiger partial charge in [-0.2, -0.15) is 0 Å². The van der Waals surface area contributed by atoms with E-state index in [-0.39, 0.29) is 5.41 Å². The summed E-state index contributed by atoms with van der Waals surface area (Å²) in [7, 11) is 0. The number of hydrogen-bond acceptors (Lipinski definition) is 2. The average Bonchev–Trinajstić information content (AvgIpc) is 2.29. The molecule has 0 aliphatic carbocycles. The molecule has 68 valence electrons. The van der Waals surface area contributed by atoms with Crippen LogP contribution in [0.5, 0.6) is 0 Å². The van der Waals surface area contributed by atoms with Gasteiger partial charge in [0.15, 0.2) is 0 Å². The van der Waals surface area contributed by atoms with Crippen LogP contribution in [0, 0.1) is 6.92 Å². The molecule has 0 N–H and O–H groups in total. The molecule has 0 saturated heterocycles. The Bertz CT molecular complexity index is 268. The lowest BCUT2D eigenvalue weighted by molar-refractivity contribution is 0.388. The SMILES string of the molecule is CCc1noc(C)c1C(C)(C)C. The van der Waals surface area contributed by atoms with E-state index in [1.165, 1.54) is 5.56 Å². The van der Waals surface area contributed by atoms with E-state index in [9.17, 15) is 0 Å². The summed E-state index contributed by atoms with van der Waals surface area (Å²) in [6, 6.07) is 0. The number of aryl methyl sites for hydroxylation is 2. The van der Waals surface area contributed by atoms with Gasteiger partial charge in [0, 0.05) is 5.56 Å². The summed E-state index contributed by atoms with van der Waals surface area (Å²) in [5, 5.41) is 4.03. The molecule has 0 aromatic carbocycles. The molecule has 0 saturated carbocycles. The summed E-state index contributed by atoms with van der Waals surface area (Å²) >= 11 is 0. The van der Waals surface area contributed by atoms with Gasteiger partial charge in [-0.1, -0.05) is 32.9 Å². The van der Waals surface area contributed by atoms with Gasteiger partial charge < -0.3 is 4.52 Å². The van der Waals surface area contributed by atoms with Crippen molar-refractivity contribution in [2.24, 2.45) is 0 Å². The summed E-state index contributed by atoms with van der Waals surface area (Å²) in [4.78, 5) is 0. The normalized spacial score (nSPS) is 12.1. The molecule has 0 spiro atoms. The highest BCUT2D eigenvalue weighted by Crippen LogP contribution is 2.28. The first-order valence-corrected chi connectivity index (χ1v) is 4.42. The summed E-state index contributed by atoms with van der Waals surface area (Å²) in [6.45, 7) is 10.6. The van der Waals surface area contributed by atoms with Gasteiger partial charge in [-0.05, 0) is 18.8 Å². The zero-order valence-electron chi connectivity index (χ0n) is 8.56. The molecule has 2 heteroatoms. The summed E-state index contributed by atoms with van der Waals surface area (Å²) in [5.41, 5.74) is 2.51. The van der Waals surface area contributed by atoms with E-state index in [1.807, 2.05) is 6.92 Å². The Hall–Kier alpha value is -0.790. The number of hydrogen-bond donors (Lipinski definition) is 0. The highest BCUT2D eigenvalue weighted by molar-refractivity contribution is 5.29. The molecule has 1 rings (SSSR count). The van der Waals surface area contributed by atoms with Crippen LogP contribution in [0.3, 0.4) is 0 Å². The molecule has 1 aromatic rings. The fraction of sp³-hybridized carbons (Fsp3) is 0.700. The first kappa shape index (κ1) is 9.30. The smallest absolute Gasteiger partial charge is 0.137 e. The zero-order chi connectivity index (χ0) is 9.35. The maximum Gasteiger partial charge on any atom is 0.137 e. The molecule has 12 heavy (non-hydrogen) atoms. The second-order valence-corrected chi connectivity index (χ2v) is 4.16. The van der Waals surface area contributed by atoms with Crippen LogP contribution >= 0.6 is 0 Å². The Kier molecular flexibility index (Phi) is 2.27. The maximum absolute atomic E-state index is 5.16. The minimum absolute atomic E-state index is 0.148. The van der Waals surface area contributed by atoms with Gasteiger partial charge in [-0.3, -0.25) is 0 Å². The number of aromatic nitrogens is 1. The lowest BCUT2D eigenvalue weighted by Gasteiger charge is -2.18. The molecule has 0 amide bonds. The van der Waals surface area contributed by atoms with E-state index in [0.717, 1.165) is 17.9 Å². The third kappa shape index (κ3) is 1.52. The van der Waals surface area contributed by atoms with E-state index in [2.05, 4.69) is 32.9 Å². The van der Waals surface area contributed by atoms with E-state index in [0.29, 0.717) is 0 Å². The molecule has 0 bridgehead atoms. The van der Waals surface area contributed by atoms with Gasteiger partial charge in [0.05, 0.1) is 5.69 Å². The Morgan fingerprint density at radius 1 is 1.33 bits per heavy atom. The van der Waals surface area contributed by atoms with Crippen molar-refractivity contribution in [1.29, 1.82) is 0 Å². The Labute approximate surface area is 74.0 Å². The third-order valence-electron chi connectivity index (χ3n) is 2.02. The molecular weight excluding hydrogens is 150 g/mol. The number of rotatable bonds is 1. The molecule has 0 radical (unpaired) electrons. The molecular formula is C10H17NO. The molecule has 0 atom stereocenters. The van der Waals surface area contributed by atoms with Gasteiger partial charge in [0.1, 0.15) is 5.76 Å². The van der Waals surface area contributed by atoms with Crippen molar-refractivity contribution >= 4 is 0 Å². The predicted molar refractivity (Wildman–Crippen MR) is 49.3 cm³/mol. The van der Waals surface area contributed by atoms with Crippen molar-refractivity contribution in [2.75, 3.05) is 0 Å². The molecule has 0 aliphatic heterocycles. The minimum atomic E-state index is 0.148. The van der Waals surface area contributed by atoms with Crippen LogP contribution in [0.1, 0.15) is 44.7 Å². The second kappa shape index (κ2) is 2.92. The minimum Gasteiger partial charge on any atom is -0.361 e. The predicted octanol–water partition coefficient (Wildman–Crippen LogP) is 2.84. The van der Waals surface area contributed by atoms with E-state index < -0.39 is 0 Å². The largest absolute Gasteiger partial charge is 0.361 e. The van der Waals surface area contributed by atoms with Crippen molar-refractivity contribution in [3.05, 3.63) is 17.0 Å². The van der Waals surface area contributed by atoms with Crippen molar-refractivity contribution in [3.8, 4) is 0 Å². The second-order valence-electron chi connectivity index (χ2n) is 4.16. The van der Waals surface area contributed by atoms with Gasteiger partial charge in [-0.25, -0.2) is 0 Å². The lowest BCUT2D eigenvalue weighted by Crippen LogP contribution is -2.14. The van der Waals surface area contributed by atoms with Gasteiger partial charge >= 0.3 is 0 Å². The summed E-state index contributed by atoms with van der Waals surface area (Å²) in [6.07, 6.45) is 0.948. The van der Waals surface area contributed by atoms with Crippen LogP contribution < -0.4 is 0 Å². The van der Waals surface area contributed by atoms with Gasteiger partial charge in [0.25, 0.3) is 0 Å². The maximum atomic E-state index is 5.16. The fourth-order valence-corrected chi connectivity index (χ4v) is 1.62. The van der Waals surface area contributed by atoms with Crippen molar-refractivity contribution in [3.63, 3.8) is 0 Å². The van der Waals surface area contributed by atoms with E-state index in [4.69, 9.17) is 4.52 Å². The van der Waals surface area contributed by atoms with E-state index in [1.54, 1.807) is 0 Å². The van der Waals surface area contributed by atoms with Crippen LogP contribution in [-0.4, -0.2) is 5.16 Å². The van der Waals surface area contributed by atoms with Crippen LogP contribution in [0.2, 0.25) is 0 Å². The third-order valence-corrected chi connectivity index (χ3v) is 2.02. The quantitative estimate of drug-likeness (QED) is 0.642. The van der Waals surface area contributed by atoms with Crippen molar-refractivity contribution in [2.45, 2.75) is 46.5 Å². The highest BCUT2D eigenvalue weighted by Gasteiger charge is 2.23. The van der Waals surface area contributed by atoms with Crippen molar-refractivity contribution < 1.29 is 4.52 Å². The van der Waals surface area contributed by atoms with Crippen LogP contribution in [0.15, 0.2) is 4.52 Å². The zero-order valence-corrected chi connectivity index (χ0v) is 8.56. The molecule has 2 nitrogen and oxygen atoms in total. The summed E-state index contributed by atoms with van der Waals surface area (Å²) < 4.78 is 5.16. The average molecular weight is 167 g/mol. The monoisotopic (exact) mass is 167 g/mol. The molecule has 1 aromatic heterocycles. The van der Waals surface area contributed by atoms with Crippen LogP contribution in [0.25, 0.3) is 0 Å². The standard InChI is InChI=1S/C10H17NO/c1-6-8-9(10(3,4)5)7(2)12-11-8/h6H2,1-5H3. The van der Waals surface area contributed by atoms with Gasteiger partial charge in [-0.15, -0.1) is 0 Å². The molecule has 0 aliphatic rings. The van der Waals surface area contributed by atoms with E-state index >= 15 is 0 Å². The van der Waals surface area contributed by atoms with Gasteiger partial charge in [0.2, 0.25) is 0 Å². The number of nitrogens with zero attached hydrogens (tertiary/aromatic N) is 1. The Balaban J connectivity index is 3.19. The van der Waals surface area contributed by atoms with Crippen LogP contribution in [0.4, 0.5) is 0 Å². The fourth-order valence-electron chi connectivity index (χ4n) is 1.62. The summed E-state index contributed by atoms with van der Waals surface area (Å²) in [5.74, 6) is 0.958. The highest BCUT2D eigenvalue weighted by atomic mass is 16.5. The topological polar surface area (TPSA) is 26.0 Å². The Morgan fingerprint density at radius 2 is 1.92 bits per heavy atom. The van der Waals surface area contributed by atoms with Crippen LogP contribution in [-0.2, 0) is 11.8 Å².